The Bertz CT molecular complexity index is 2540. The highest BCUT2D eigenvalue weighted by Gasteiger charge is 2.14. The van der Waals surface area contributed by atoms with E-state index in [1.54, 1.807) is 0 Å². The zero-order valence-corrected chi connectivity index (χ0v) is 26.0. The van der Waals surface area contributed by atoms with Crippen LogP contribution in [0.5, 0.6) is 0 Å². The molecule has 48 heavy (non-hydrogen) atoms. The van der Waals surface area contributed by atoms with Gasteiger partial charge < -0.3 is 0 Å². The standard InChI is InChI=1S/C44H28N4/c1-2-10-31(11-3-1)42-46-43(48-44(47-42)33-23-19-30(20-24-33)41-16-8-9-27-45-41)32-21-17-29(18-22-32)34-25-26-39-37-14-5-4-12-35(37)36-13-6-7-15-38(36)40(39)28-34/h1-28H. The summed E-state index contributed by atoms with van der Waals surface area (Å²) >= 11 is 0. The molecule has 0 N–H and O–H groups in total. The molecule has 224 valence electrons. The Balaban J connectivity index is 1.11. The predicted molar refractivity (Wildman–Crippen MR) is 197 cm³/mol. The van der Waals surface area contributed by atoms with Crippen LogP contribution < -0.4 is 0 Å². The van der Waals surface area contributed by atoms with Gasteiger partial charge in [-0.1, -0.05) is 146 Å². The number of hydrogen-bond acceptors (Lipinski definition) is 4. The summed E-state index contributed by atoms with van der Waals surface area (Å²) in [6.45, 7) is 0. The third-order valence-electron chi connectivity index (χ3n) is 8.99. The lowest BCUT2D eigenvalue weighted by Crippen LogP contribution is -2.00. The van der Waals surface area contributed by atoms with Crippen LogP contribution in [-0.2, 0) is 0 Å². The fourth-order valence-electron chi connectivity index (χ4n) is 6.57. The topological polar surface area (TPSA) is 51.6 Å². The molecule has 0 aliphatic carbocycles. The molecule has 0 aliphatic heterocycles. The Labute approximate surface area is 278 Å². The molecule has 4 nitrogen and oxygen atoms in total. The van der Waals surface area contributed by atoms with E-state index in [1.807, 2.05) is 66.9 Å². The molecule has 9 aromatic rings. The fourth-order valence-corrected chi connectivity index (χ4v) is 6.57. The summed E-state index contributed by atoms with van der Waals surface area (Å²) in [7, 11) is 0. The third-order valence-corrected chi connectivity index (χ3v) is 8.99. The van der Waals surface area contributed by atoms with Crippen LogP contribution >= 0.6 is 0 Å². The first-order valence-electron chi connectivity index (χ1n) is 16.1. The van der Waals surface area contributed by atoms with Crippen molar-refractivity contribution in [1.82, 2.24) is 19.9 Å². The van der Waals surface area contributed by atoms with Crippen LogP contribution in [0.1, 0.15) is 0 Å². The molecule has 0 radical (unpaired) electrons. The van der Waals surface area contributed by atoms with E-state index in [0.717, 1.165) is 33.5 Å². The molecule has 2 heterocycles. The summed E-state index contributed by atoms with van der Waals surface area (Å²) in [4.78, 5) is 19.3. The Morgan fingerprint density at radius 1 is 0.271 bits per heavy atom. The second kappa shape index (κ2) is 11.7. The molecular formula is C44H28N4. The van der Waals surface area contributed by atoms with E-state index in [1.165, 1.54) is 37.9 Å². The Hall–Kier alpha value is -6.52. The van der Waals surface area contributed by atoms with Gasteiger partial charge in [-0.3, -0.25) is 4.98 Å². The largest absolute Gasteiger partial charge is 0.256 e. The number of hydrogen-bond donors (Lipinski definition) is 0. The summed E-state index contributed by atoms with van der Waals surface area (Å²) in [6, 6.07) is 56.9. The summed E-state index contributed by atoms with van der Waals surface area (Å²) in [6.07, 6.45) is 1.81. The van der Waals surface area contributed by atoms with Crippen molar-refractivity contribution in [2.24, 2.45) is 0 Å². The minimum Gasteiger partial charge on any atom is -0.256 e. The highest BCUT2D eigenvalue weighted by Crippen LogP contribution is 2.37. The Morgan fingerprint density at radius 2 is 0.688 bits per heavy atom. The minimum atomic E-state index is 0.629. The van der Waals surface area contributed by atoms with Crippen molar-refractivity contribution in [1.29, 1.82) is 0 Å². The maximum atomic E-state index is 4.97. The molecule has 0 bridgehead atoms. The number of pyridine rings is 1. The van der Waals surface area contributed by atoms with Gasteiger partial charge in [-0.2, -0.15) is 0 Å². The van der Waals surface area contributed by atoms with Gasteiger partial charge in [-0.25, -0.2) is 15.0 Å². The molecule has 0 saturated heterocycles. The lowest BCUT2D eigenvalue weighted by atomic mass is 9.92. The third kappa shape index (κ3) is 4.97. The maximum Gasteiger partial charge on any atom is 0.164 e. The molecule has 2 aromatic heterocycles. The lowest BCUT2D eigenvalue weighted by molar-refractivity contribution is 1.07. The second-order valence-electron chi connectivity index (χ2n) is 11.9. The lowest BCUT2D eigenvalue weighted by Gasteiger charge is -2.12. The first kappa shape index (κ1) is 27.8. The number of nitrogens with zero attached hydrogens (tertiary/aromatic N) is 4. The van der Waals surface area contributed by atoms with E-state index in [9.17, 15) is 0 Å². The average Bonchev–Trinajstić information content (AvgIpc) is 3.18. The van der Waals surface area contributed by atoms with Gasteiger partial charge in [0.05, 0.1) is 5.69 Å². The van der Waals surface area contributed by atoms with Gasteiger partial charge in [0.15, 0.2) is 17.5 Å². The van der Waals surface area contributed by atoms with Crippen LogP contribution in [0.15, 0.2) is 170 Å². The molecular weight excluding hydrogens is 585 g/mol. The van der Waals surface area contributed by atoms with Gasteiger partial charge in [-0.05, 0) is 61.6 Å². The van der Waals surface area contributed by atoms with Crippen molar-refractivity contribution in [3.05, 3.63) is 170 Å². The Kier molecular flexibility index (Phi) is 6.76. The highest BCUT2D eigenvalue weighted by atomic mass is 15.0. The summed E-state index contributed by atoms with van der Waals surface area (Å²) in [5.41, 5.74) is 7.08. The van der Waals surface area contributed by atoms with Crippen molar-refractivity contribution >= 4 is 32.3 Å². The molecule has 0 atom stereocenters. The zero-order valence-electron chi connectivity index (χ0n) is 26.0. The van der Waals surface area contributed by atoms with E-state index in [4.69, 9.17) is 15.0 Å². The van der Waals surface area contributed by atoms with Gasteiger partial charge >= 0.3 is 0 Å². The molecule has 0 aliphatic rings. The summed E-state index contributed by atoms with van der Waals surface area (Å²) < 4.78 is 0. The van der Waals surface area contributed by atoms with E-state index in [2.05, 4.69) is 108 Å². The number of fused-ring (bicyclic) bond motifs is 6. The van der Waals surface area contributed by atoms with Gasteiger partial charge in [0, 0.05) is 28.5 Å². The van der Waals surface area contributed by atoms with E-state index in [-0.39, 0.29) is 0 Å². The van der Waals surface area contributed by atoms with E-state index in [0.29, 0.717) is 17.5 Å². The zero-order chi connectivity index (χ0) is 31.9. The van der Waals surface area contributed by atoms with Crippen LogP contribution in [0.25, 0.3) is 88.9 Å². The normalized spacial score (nSPS) is 11.3. The van der Waals surface area contributed by atoms with Crippen LogP contribution in [0, 0.1) is 0 Å². The number of rotatable bonds is 5. The molecule has 0 spiro atoms. The van der Waals surface area contributed by atoms with Crippen molar-refractivity contribution in [2.75, 3.05) is 0 Å². The molecule has 0 unspecified atom stereocenters. The van der Waals surface area contributed by atoms with Gasteiger partial charge in [0.1, 0.15) is 0 Å². The van der Waals surface area contributed by atoms with Crippen molar-refractivity contribution in [3.63, 3.8) is 0 Å². The first-order valence-corrected chi connectivity index (χ1v) is 16.1. The summed E-state index contributed by atoms with van der Waals surface area (Å²) in [5.74, 6) is 1.90. The molecule has 4 heteroatoms. The minimum absolute atomic E-state index is 0.629. The highest BCUT2D eigenvalue weighted by molar-refractivity contribution is 6.25. The van der Waals surface area contributed by atoms with Crippen molar-refractivity contribution in [3.8, 4) is 56.5 Å². The predicted octanol–water partition coefficient (Wildman–Crippen LogP) is 11.1. The Morgan fingerprint density at radius 3 is 1.23 bits per heavy atom. The first-order chi connectivity index (χ1) is 23.8. The van der Waals surface area contributed by atoms with E-state index >= 15 is 0 Å². The molecule has 0 amide bonds. The molecule has 9 rings (SSSR count). The van der Waals surface area contributed by atoms with E-state index < -0.39 is 0 Å². The summed E-state index contributed by atoms with van der Waals surface area (Å²) in [5, 5.41) is 7.63. The molecule has 0 saturated carbocycles. The quantitative estimate of drug-likeness (QED) is 0.181. The maximum absolute atomic E-state index is 4.97. The van der Waals surface area contributed by atoms with Crippen LogP contribution in [0.3, 0.4) is 0 Å². The van der Waals surface area contributed by atoms with Gasteiger partial charge in [-0.15, -0.1) is 0 Å². The monoisotopic (exact) mass is 612 g/mol. The van der Waals surface area contributed by atoms with Crippen LogP contribution in [0.2, 0.25) is 0 Å². The fraction of sp³-hybridized carbons (Fsp3) is 0. The number of aromatic nitrogens is 4. The number of benzene rings is 7. The molecule has 7 aromatic carbocycles. The average molecular weight is 613 g/mol. The van der Waals surface area contributed by atoms with Crippen molar-refractivity contribution < 1.29 is 0 Å². The van der Waals surface area contributed by atoms with Crippen LogP contribution in [0.4, 0.5) is 0 Å². The smallest absolute Gasteiger partial charge is 0.164 e. The van der Waals surface area contributed by atoms with Crippen molar-refractivity contribution in [2.45, 2.75) is 0 Å². The van der Waals surface area contributed by atoms with Gasteiger partial charge in [0.25, 0.3) is 0 Å². The molecule has 0 fully saturated rings. The van der Waals surface area contributed by atoms with Crippen LogP contribution in [-0.4, -0.2) is 19.9 Å². The van der Waals surface area contributed by atoms with Gasteiger partial charge in [0.2, 0.25) is 0 Å². The second-order valence-corrected chi connectivity index (χ2v) is 11.9. The SMILES string of the molecule is c1ccc(-c2nc(-c3ccc(-c4ccc5c6ccccc6c6ccccc6c5c4)cc3)nc(-c3ccc(-c4ccccn4)cc3)n2)cc1.